The molecule has 2 aromatic rings. The van der Waals surface area contributed by atoms with Crippen molar-refractivity contribution in [1.29, 1.82) is 0 Å². The van der Waals surface area contributed by atoms with Gasteiger partial charge in [-0.1, -0.05) is 24.3 Å². The highest BCUT2D eigenvalue weighted by molar-refractivity contribution is 7.89. The molecule has 2 aromatic carbocycles. The fourth-order valence-electron chi connectivity index (χ4n) is 2.27. The first-order valence-electron chi connectivity index (χ1n) is 7.88. The van der Waals surface area contributed by atoms with E-state index in [9.17, 15) is 13.2 Å². The fraction of sp³-hybridized carbons (Fsp3) is 0.278. The van der Waals surface area contributed by atoms with Crippen LogP contribution in [-0.2, 0) is 21.2 Å². The second kappa shape index (κ2) is 8.13. The number of primary sulfonamides is 1. The minimum absolute atomic E-state index is 0.0699. The number of carbonyl (C=O) groups is 1. The predicted molar refractivity (Wildman–Crippen MR) is 95.8 cm³/mol. The Hall–Kier alpha value is -2.38. The molecule has 0 saturated heterocycles. The van der Waals surface area contributed by atoms with Crippen molar-refractivity contribution in [3.05, 3.63) is 59.7 Å². The number of rotatable bonds is 7. The van der Waals surface area contributed by atoms with Crippen LogP contribution in [-0.4, -0.2) is 27.0 Å². The number of nitrogens with one attached hydrogen (secondary N) is 1. The number of nitrogens with two attached hydrogens (primary N) is 1. The third kappa shape index (κ3) is 5.88. The number of sulfonamides is 1. The summed E-state index contributed by atoms with van der Waals surface area (Å²) in [5, 5.41) is 7.86. The van der Waals surface area contributed by atoms with Gasteiger partial charge in [-0.25, -0.2) is 13.6 Å². The zero-order valence-electron chi connectivity index (χ0n) is 14.2. The van der Waals surface area contributed by atoms with Crippen molar-refractivity contribution in [2.75, 3.05) is 6.54 Å². The van der Waals surface area contributed by atoms with Gasteiger partial charge >= 0.3 is 0 Å². The molecule has 25 heavy (non-hydrogen) atoms. The minimum Gasteiger partial charge on any atom is -0.481 e. The summed E-state index contributed by atoms with van der Waals surface area (Å²) in [6.07, 6.45) is -0.0279. The Kier molecular flexibility index (Phi) is 6.17. The number of benzene rings is 2. The largest absolute Gasteiger partial charge is 0.481 e. The van der Waals surface area contributed by atoms with Gasteiger partial charge in [0.15, 0.2) is 6.10 Å². The van der Waals surface area contributed by atoms with Gasteiger partial charge in [0, 0.05) is 6.54 Å². The molecule has 1 unspecified atom stereocenters. The Balaban J connectivity index is 1.81. The molecule has 0 aliphatic rings. The maximum atomic E-state index is 12.1. The van der Waals surface area contributed by atoms with Crippen molar-refractivity contribution in [3.8, 4) is 5.75 Å². The number of amides is 1. The Labute approximate surface area is 148 Å². The summed E-state index contributed by atoms with van der Waals surface area (Å²) in [7, 11) is -3.68. The number of hydrogen-bond acceptors (Lipinski definition) is 4. The van der Waals surface area contributed by atoms with E-state index in [1.54, 1.807) is 19.1 Å². The topological polar surface area (TPSA) is 98.5 Å². The van der Waals surface area contributed by atoms with Crippen LogP contribution in [0.1, 0.15) is 18.1 Å². The van der Waals surface area contributed by atoms with Crippen molar-refractivity contribution in [1.82, 2.24) is 5.32 Å². The highest BCUT2D eigenvalue weighted by Gasteiger charge is 2.14. The van der Waals surface area contributed by atoms with Gasteiger partial charge in [-0.05, 0) is 55.7 Å². The van der Waals surface area contributed by atoms with Crippen molar-refractivity contribution >= 4 is 15.9 Å². The summed E-state index contributed by atoms with van der Waals surface area (Å²) in [5.41, 5.74) is 1.97. The standard InChI is InChI=1S/C18H22N2O4S/c1-13-4-3-5-16(12-13)24-14(2)18(21)20-11-10-15-6-8-17(9-7-15)25(19,22)23/h3-9,12,14H,10-11H2,1-2H3,(H,20,21)(H2,19,22,23). The van der Waals surface area contributed by atoms with Gasteiger partial charge in [-0.2, -0.15) is 0 Å². The smallest absolute Gasteiger partial charge is 0.260 e. The molecule has 3 N–H and O–H groups in total. The highest BCUT2D eigenvalue weighted by atomic mass is 32.2. The monoisotopic (exact) mass is 362 g/mol. The third-order valence-electron chi connectivity index (χ3n) is 3.64. The lowest BCUT2D eigenvalue weighted by Gasteiger charge is -2.15. The van der Waals surface area contributed by atoms with Crippen LogP contribution in [0.4, 0.5) is 0 Å². The van der Waals surface area contributed by atoms with Crippen LogP contribution < -0.4 is 15.2 Å². The molecule has 134 valence electrons. The Morgan fingerprint density at radius 2 is 1.88 bits per heavy atom. The summed E-state index contributed by atoms with van der Waals surface area (Å²) >= 11 is 0. The van der Waals surface area contributed by atoms with E-state index in [1.165, 1.54) is 12.1 Å². The molecule has 0 saturated carbocycles. The number of ether oxygens (including phenoxy) is 1. The van der Waals surface area contributed by atoms with Crippen LogP contribution in [0, 0.1) is 6.92 Å². The molecule has 0 aliphatic carbocycles. The molecular weight excluding hydrogens is 340 g/mol. The van der Waals surface area contributed by atoms with E-state index >= 15 is 0 Å². The van der Waals surface area contributed by atoms with E-state index in [-0.39, 0.29) is 10.8 Å². The zero-order chi connectivity index (χ0) is 18.4. The zero-order valence-corrected chi connectivity index (χ0v) is 15.0. The van der Waals surface area contributed by atoms with Gasteiger partial charge < -0.3 is 10.1 Å². The van der Waals surface area contributed by atoms with Gasteiger partial charge in [-0.15, -0.1) is 0 Å². The lowest BCUT2D eigenvalue weighted by atomic mass is 10.1. The van der Waals surface area contributed by atoms with E-state index in [0.29, 0.717) is 18.7 Å². The van der Waals surface area contributed by atoms with E-state index < -0.39 is 16.1 Å². The summed E-state index contributed by atoms with van der Waals surface area (Å²) in [5.74, 6) is 0.448. The van der Waals surface area contributed by atoms with Crippen molar-refractivity contribution in [2.24, 2.45) is 5.14 Å². The second-order valence-corrected chi connectivity index (χ2v) is 7.37. The van der Waals surface area contributed by atoms with Gasteiger partial charge in [0.05, 0.1) is 4.90 Å². The maximum absolute atomic E-state index is 12.1. The van der Waals surface area contributed by atoms with Gasteiger partial charge in [0.2, 0.25) is 10.0 Å². The lowest BCUT2D eigenvalue weighted by molar-refractivity contribution is -0.127. The van der Waals surface area contributed by atoms with E-state index in [4.69, 9.17) is 9.88 Å². The van der Waals surface area contributed by atoms with Gasteiger partial charge in [0.25, 0.3) is 5.91 Å². The van der Waals surface area contributed by atoms with Crippen molar-refractivity contribution in [2.45, 2.75) is 31.3 Å². The normalized spacial score (nSPS) is 12.4. The Morgan fingerprint density at radius 1 is 1.20 bits per heavy atom. The number of aryl methyl sites for hydroxylation is 1. The first kappa shape index (κ1) is 19.0. The Morgan fingerprint density at radius 3 is 2.48 bits per heavy atom. The van der Waals surface area contributed by atoms with Crippen LogP contribution >= 0.6 is 0 Å². The van der Waals surface area contributed by atoms with Crippen LogP contribution in [0.3, 0.4) is 0 Å². The SMILES string of the molecule is Cc1cccc(OC(C)C(=O)NCCc2ccc(S(N)(=O)=O)cc2)c1. The predicted octanol–water partition coefficient (Wildman–Crippen LogP) is 1.77. The maximum Gasteiger partial charge on any atom is 0.260 e. The van der Waals surface area contributed by atoms with Crippen molar-refractivity contribution < 1.29 is 17.9 Å². The number of hydrogen-bond donors (Lipinski definition) is 2. The van der Waals surface area contributed by atoms with Crippen LogP contribution in [0.2, 0.25) is 0 Å². The fourth-order valence-corrected chi connectivity index (χ4v) is 2.78. The molecule has 2 rings (SSSR count). The second-order valence-electron chi connectivity index (χ2n) is 5.81. The quantitative estimate of drug-likeness (QED) is 0.784. The molecule has 0 aromatic heterocycles. The average molecular weight is 362 g/mol. The van der Waals surface area contributed by atoms with E-state index in [0.717, 1.165) is 11.1 Å². The molecule has 0 bridgehead atoms. The van der Waals surface area contributed by atoms with E-state index in [1.807, 2.05) is 31.2 Å². The van der Waals surface area contributed by atoms with Gasteiger partial charge in [0.1, 0.15) is 5.75 Å². The summed E-state index contributed by atoms with van der Waals surface area (Å²) in [4.78, 5) is 12.1. The summed E-state index contributed by atoms with van der Waals surface area (Å²) in [6.45, 7) is 4.08. The lowest BCUT2D eigenvalue weighted by Crippen LogP contribution is -2.37. The first-order valence-corrected chi connectivity index (χ1v) is 9.43. The molecule has 0 fully saturated rings. The van der Waals surface area contributed by atoms with Crippen LogP contribution in [0.5, 0.6) is 5.75 Å². The molecule has 1 amide bonds. The molecule has 7 heteroatoms. The molecule has 0 radical (unpaired) electrons. The third-order valence-corrected chi connectivity index (χ3v) is 4.57. The minimum atomic E-state index is -3.68. The first-order chi connectivity index (χ1) is 11.8. The molecule has 0 spiro atoms. The van der Waals surface area contributed by atoms with Crippen molar-refractivity contribution in [3.63, 3.8) is 0 Å². The highest BCUT2D eigenvalue weighted by Crippen LogP contribution is 2.14. The van der Waals surface area contributed by atoms with Crippen LogP contribution in [0.25, 0.3) is 0 Å². The molecule has 0 heterocycles. The molecule has 6 nitrogen and oxygen atoms in total. The van der Waals surface area contributed by atoms with Crippen LogP contribution in [0.15, 0.2) is 53.4 Å². The number of carbonyl (C=O) groups excluding carboxylic acids is 1. The van der Waals surface area contributed by atoms with Gasteiger partial charge in [-0.3, -0.25) is 4.79 Å². The molecular formula is C18H22N2O4S. The van der Waals surface area contributed by atoms with E-state index in [2.05, 4.69) is 5.32 Å². The average Bonchev–Trinajstić information content (AvgIpc) is 2.54. The molecule has 0 aliphatic heterocycles. The Bertz CT molecular complexity index is 832. The molecule has 1 atom stereocenters. The summed E-state index contributed by atoms with van der Waals surface area (Å²) < 4.78 is 28.0. The summed E-state index contributed by atoms with van der Waals surface area (Å²) in [6, 6.07) is 13.8.